The lowest BCUT2D eigenvalue weighted by atomic mass is 10.1. The molecule has 1 aliphatic rings. The Morgan fingerprint density at radius 2 is 1.83 bits per heavy atom. The lowest BCUT2D eigenvalue weighted by Gasteiger charge is -2.34. The van der Waals surface area contributed by atoms with E-state index in [9.17, 15) is 18.8 Å². The number of anilines is 2. The maximum Gasteiger partial charge on any atom is 0.262 e. The van der Waals surface area contributed by atoms with Gasteiger partial charge in [0.25, 0.3) is 5.91 Å². The number of ether oxygens (including phenoxy) is 1. The summed E-state index contributed by atoms with van der Waals surface area (Å²) in [4.78, 5) is 38.0. The lowest BCUT2D eigenvalue weighted by Crippen LogP contribution is -2.51. The van der Waals surface area contributed by atoms with Crippen LogP contribution in [0.2, 0.25) is 0 Å². The Morgan fingerprint density at radius 3 is 2.55 bits per heavy atom. The molecule has 3 N–H and O–H groups in total. The van der Waals surface area contributed by atoms with Gasteiger partial charge < -0.3 is 25.6 Å². The fourth-order valence-electron chi connectivity index (χ4n) is 2.90. The third-order valence-corrected chi connectivity index (χ3v) is 4.31. The van der Waals surface area contributed by atoms with Crippen LogP contribution in [0.1, 0.15) is 0 Å². The highest BCUT2D eigenvalue weighted by Gasteiger charge is 2.30. The molecule has 0 radical (unpaired) electrons. The molecule has 3 amide bonds. The third kappa shape index (κ3) is 5.22. The second kappa shape index (κ2) is 9.05. The van der Waals surface area contributed by atoms with Crippen LogP contribution in [0, 0.1) is 5.82 Å². The number of rotatable bonds is 6. The zero-order chi connectivity index (χ0) is 20.8. The van der Waals surface area contributed by atoms with E-state index in [4.69, 9.17) is 4.74 Å². The summed E-state index contributed by atoms with van der Waals surface area (Å²) in [6.45, 7) is -0.0787. The molecule has 0 bridgehead atoms. The van der Waals surface area contributed by atoms with Crippen molar-refractivity contribution >= 4 is 29.1 Å². The van der Waals surface area contributed by atoms with Crippen molar-refractivity contribution in [2.75, 3.05) is 36.9 Å². The summed E-state index contributed by atoms with van der Waals surface area (Å²) in [6.07, 6.45) is -0.746. The summed E-state index contributed by atoms with van der Waals surface area (Å²) in [5.74, 6) is -1.00. The minimum absolute atomic E-state index is 0.0440. The van der Waals surface area contributed by atoms with Crippen LogP contribution in [-0.2, 0) is 14.4 Å². The number of likely N-dealkylation sites (N-methyl/N-ethyl adjacent to an activating group) is 1. The molecule has 0 aromatic heterocycles. The van der Waals surface area contributed by atoms with Gasteiger partial charge in [-0.1, -0.05) is 12.1 Å². The Hall–Kier alpha value is -3.62. The van der Waals surface area contributed by atoms with Crippen molar-refractivity contribution in [3.63, 3.8) is 0 Å². The highest BCUT2D eigenvalue weighted by molar-refractivity contribution is 5.95. The molecule has 0 aliphatic carbocycles. The van der Waals surface area contributed by atoms with Crippen molar-refractivity contribution in [2.24, 2.45) is 0 Å². The van der Waals surface area contributed by atoms with Gasteiger partial charge in [-0.25, -0.2) is 4.39 Å². The van der Waals surface area contributed by atoms with Gasteiger partial charge in [-0.05, 0) is 36.4 Å². The van der Waals surface area contributed by atoms with Crippen LogP contribution in [0.25, 0.3) is 0 Å². The summed E-state index contributed by atoms with van der Waals surface area (Å²) >= 11 is 0. The van der Waals surface area contributed by atoms with Crippen LogP contribution in [0.5, 0.6) is 5.75 Å². The Morgan fingerprint density at radius 1 is 1.10 bits per heavy atom. The highest BCUT2D eigenvalue weighted by atomic mass is 19.1. The second-order valence-corrected chi connectivity index (χ2v) is 6.40. The van der Waals surface area contributed by atoms with E-state index < -0.39 is 17.8 Å². The smallest absolute Gasteiger partial charge is 0.262 e. The number of nitrogens with zero attached hydrogens (tertiary/aromatic N) is 1. The quantitative estimate of drug-likeness (QED) is 0.669. The number of nitrogens with one attached hydrogen (secondary N) is 3. The van der Waals surface area contributed by atoms with Crippen LogP contribution in [-0.4, -0.2) is 50.5 Å². The zero-order valence-corrected chi connectivity index (χ0v) is 15.8. The molecule has 2 aromatic carbocycles. The first-order valence-corrected chi connectivity index (χ1v) is 9.00. The predicted molar refractivity (Wildman–Crippen MR) is 105 cm³/mol. The maximum atomic E-state index is 12.9. The molecular formula is C20H21FN4O4. The second-order valence-electron chi connectivity index (χ2n) is 6.40. The van der Waals surface area contributed by atoms with Crippen molar-refractivity contribution in [3.05, 3.63) is 54.3 Å². The van der Waals surface area contributed by atoms with Crippen LogP contribution < -0.4 is 25.6 Å². The first kappa shape index (κ1) is 20.1. The van der Waals surface area contributed by atoms with E-state index in [-0.39, 0.29) is 31.4 Å². The van der Waals surface area contributed by atoms with Gasteiger partial charge in [0.05, 0.1) is 25.3 Å². The number of benzene rings is 2. The van der Waals surface area contributed by atoms with Crippen LogP contribution in [0.4, 0.5) is 15.8 Å². The Balaban J connectivity index is 1.57. The SMILES string of the molecule is CNC(=O)[C@H]1CN(CC(=O)NCC(=O)Nc2ccc(F)cc2)c2ccccc2O1. The number of amides is 3. The molecule has 0 fully saturated rings. The van der Waals surface area contributed by atoms with Gasteiger partial charge in [0.2, 0.25) is 11.8 Å². The van der Waals surface area contributed by atoms with Gasteiger partial charge in [-0.2, -0.15) is 0 Å². The summed E-state index contributed by atoms with van der Waals surface area (Å²) < 4.78 is 18.6. The Bertz CT molecular complexity index is 904. The minimum atomic E-state index is -0.746. The number of para-hydroxylation sites is 2. The van der Waals surface area contributed by atoms with Gasteiger partial charge in [0, 0.05) is 12.7 Å². The van der Waals surface area contributed by atoms with E-state index in [1.165, 1.54) is 31.3 Å². The molecule has 29 heavy (non-hydrogen) atoms. The van der Waals surface area contributed by atoms with Crippen molar-refractivity contribution in [3.8, 4) is 5.75 Å². The molecular weight excluding hydrogens is 379 g/mol. The highest BCUT2D eigenvalue weighted by Crippen LogP contribution is 2.32. The van der Waals surface area contributed by atoms with E-state index in [0.717, 1.165) is 0 Å². The van der Waals surface area contributed by atoms with Crippen molar-refractivity contribution in [1.82, 2.24) is 10.6 Å². The van der Waals surface area contributed by atoms with E-state index in [0.29, 0.717) is 17.1 Å². The van der Waals surface area contributed by atoms with Gasteiger partial charge in [0.15, 0.2) is 6.10 Å². The molecule has 2 aromatic rings. The molecule has 1 heterocycles. The minimum Gasteiger partial charge on any atom is -0.477 e. The number of hydrogen-bond acceptors (Lipinski definition) is 5. The zero-order valence-electron chi connectivity index (χ0n) is 15.8. The standard InChI is InChI=1S/C20H21FN4O4/c1-22-20(28)17-11-25(15-4-2-3-5-16(15)29-17)12-19(27)23-10-18(26)24-14-8-6-13(21)7-9-14/h2-9,17H,10-12H2,1H3,(H,22,28)(H,23,27)(H,24,26)/t17-/m1/s1. The Labute approximate surface area is 167 Å². The van der Waals surface area contributed by atoms with Gasteiger partial charge in [-0.3, -0.25) is 14.4 Å². The molecule has 1 atom stereocenters. The number of hydrogen-bond donors (Lipinski definition) is 3. The summed E-state index contributed by atoms with van der Waals surface area (Å²) in [5, 5.41) is 7.65. The predicted octanol–water partition coefficient (Wildman–Crippen LogP) is 0.894. The largest absolute Gasteiger partial charge is 0.477 e. The molecule has 8 nitrogen and oxygen atoms in total. The molecule has 9 heteroatoms. The van der Waals surface area contributed by atoms with Gasteiger partial charge in [-0.15, -0.1) is 0 Å². The van der Waals surface area contributed by atoms with Gasteiger partial charge in [0.1, 0.15) is 11.6 Å². The van der Waals surface area contributed by atoms with E-state index >= 15 is 0 Å². The summed E-state index contributed by atoms with van der Waals surface area (Å²) in [7, 11) is 1.52. The molecule has 0 saturated heterocycles. The molecule has 0 spiro atoms. The molecule has 3 rings (SSSR count). The fraction of sp³-hybridized carbons (Fsp3) is 0.250. The topological polar surface area (TPSA) is 99.8 Å². The average Bonchev–Trinajstić information content (AvgIpc) is 2.73. The first-order chi connectivity index (χ1) is 14.0. The molecule has 152 valence electrons. The lowest BCUT2D eigenvalue weighted by molar-refractivity contribution is -0.127. The Kier molecular flexibility index (Phi) is 6.28. The number of carbonyl (C=O) groups is 3. The monoisotopic (exact) mass is 400 g/mol. The molecule has 0 unspecified atom stereocenters. The van der Waals surface area contributed by atoms with E-state index in [1.807, 2.05) is 6.07 Å². The average molecular weight is 400 g/mol. The third-order valence-electron chi connectivity index (χ3n) is 4.31. The molecule has 0 saturated carbocycles. The van der Waals surface area contributed by atoms with E-state index in [1.54, 1.807) is 23.1 Å². The number of carbonyl (C=O) groups excluding carboxylic acids is 3. The van der Waals surface area contributed by atoms with Crippen molar-refractivity contribution < 1.29 is 23.5 Å². The van der Waals surface area contributed by atoms with Crippen LogP contribution >= 0.6 is 0 Å². The molecule has 1 aliphatic heterocycles. The summed E-state index contributed by atoms with van der Waals surface area (Å²) in [6, 6.07) is 12.4. The van der Waals surface area contributed by atoms with Crippen molar-refractivity contribution in [1.29, 1.82) is 0 Å². The number of halogens is 1. The first-order valence-electron chi connectivity index (χ1n) is 9.00. The summed E-state index contributed by atoms with van der Waals surface area (Å²) in [5.41, 5.74) is 1.12. The maximum absolute atomic E-state index is 12.9. The van der Waals surface area contributed by atoms with Gasteiger partial charge >= 0.3 is 0 Å². The number of fused-ring (bicyclic) bond motifs is 1. The normalized spacial score (nSPS) is 15.0. The van der Waals surface area contributed by atoms with Crippen LogP contribution in [0.15, 0.2) is 48.5 Å². The van der Waals surface area contributed by atoms with Crippen molar-refractivity contribution in [2.45, 2.75) is 6.10 Å². The van der Waals surface area contributed by atoms with Crippen LogP contribution in [0.3, 0.4) is 0 Å². The fourth-order valence-corrected chi connectivity index (χ4v) is 2.90. The van der Waals surface area contributed by atoms with E-state index in [2.05, 4.69) is 16.0 Å².